The largest absolute Gasteiger partial charge is 0.335 e. The number of piperazine rings is 1. The van der Waals surface area contributed by atoms with Crippen LogP contribution in [0, 0.1) is 5.92 Å². The van der Waals surface area contributed by atoms with Crippen molar-refractivity contribution in [3.63, 3.8) is 0 Å². The number of carbonyl (C=O) groups is 2. The molecule has 0 spiro atoms. The molecule has 2 aliphatic heterocycles. The number of nitrogens with one attached hydrogen (secondary N) is 3. The minimum absolute atomic E-state index is 0.00529. The van der Waals surface area contributed by atoms with Crippen LogP contribution in [0.2, 0.25) is 5.02 Å². The number of nitrogens with zero attached hydrogens (tertiary/aromatic N) is 1. The van der Waals surface area contributed by atoms with Crippen LogP contribution in [0.5, 0.6) is 0 Å². The Morgan fingerprint density at radius 3 is 2.40 bits per heavy atom. The molecule has 0 aromatic heterocycles. The lowest BCUT2D eigenvalue weighted by Gasteiger charge is -2.44. The second-order valence-electron chi connectivity index (χ2n) is 9.22. The van der Waals surface area contributed by atoms with Crippen LogP contribution in [0.25, 0.3) is 0 Å². The van der Waals surface area contributed by atoms with Crippen LogP contribution in [0.3, 0.4) is 0 Å². The molecular weight excluding hydrogens is 400 g/mol. The molecule has 6 nitrogen and oxygen atoms in total. The second-order valence-corrected chi connectivity index (χ2v) is 9.63. The van der Waals surface area contributed by atoms with Gasteiger partial charge in [0.25, 0.3) is 11.8 Å². The number of fused-ring (bicyclic) bond motifs is 1. The van der Waals surface area contributed by atoms with Crippen LogP contribution in [0.4, 0.5) is 5.69 Å². The van der Waals surface area contributed by atoms with Gasteiger partial charge in [-0.05, 0) is 43.7 Å². The molecule has 4 rings (SSSR count). The van der Waals surface area contributed by atoms with Gasteiger partial charge in [0.2, 0.25) is 0 Å². The van der Waals surface area contributed by atoms with Gasteiger partial charge in [-0.3, -0.25) is 9.59 Å². The highest BCUT2D eigenvalue weighted by Gasteiger charge is 2.37. The van der Waals surface area contributed by atoms with Crippen molar-refractivity contribution in [2.45, 2.75) is 44.6 Å². The van der Waals surface area contributed by atoms with E-state index < -0.39 is 0 Å². The van der Waals surface area contributed by atoms with Crippen molar-refractivity contribution in [2.24, 2.45) is 5.92 Å². The number of benzene rings is 1. The maximum atomic E-state index is 13.0. The molecule has 1 aromatic rings. The molecule has 0 unspecified atom stereocenters. The van der Waals surface area contributed by atoms with Gasteiger partial charge in [0.05, 0.1) is 10.7 Å². The van der Waals surface area contributed by atoms with E-state index in [1.165, 1.54) is 48.3 Å². The average Bonchev–Trinajstić information content (AvgIpc) is 2.76. The fourth-order valence-electron chi connectivity index (χ4n) is 5.54. The number of para-hydroxylation sites is 1. The number of rotatable bonds is 5. The quantitative estimate of drug-likeness (QED) is 0.622. The molecule has 3 fully saturated rings. The number of quaternary nitrogens is 2. The summed E-state index contributed by atoms with van der Waals surface area (Å²) in [5.41, 5.74) is 0.668. The predicted molar refractivity (Wildman–Crippen MR) is 118 cm³/mol. The summed E-state index contributed by atoms with van der Waals surface area (Å²) in [4.78, 5) is 30.3. The van der Waals surface area contributed by atoms with E-state index in [4.69, 9.17) is 11.6 Å². The first kappa shape index (κ1) is 21.6. The summed E-state index contributed by atoms with van der Waals surface area (Å²) in [6, 6.07) is 7.82. The van der Waals surface area contributed by atoms with Crippen molar-refractivity contribution in [2.75, 3.05) is 51.1 Å². The Labute approximate surface area is 184 Å². The van der Waals surface area contributed by atoms with E-state index in [1.807, 2.05) is 18.2 Å². The van der Waals surface area contributed by atoms with E-state index in [1.54, 1.807) is 6.07 Å². The van der Waals surface area contributed by atoms with Crippen molar-refractivity contribution in [3.05, 3.63) is 29.3 Å². The Morgan fingerprint density at radius 1 is 0.967 bits per heavy atom. The van der Waals surface area contributed by atoms with E-state index in [9.17, 15) is 9.59 Å². The van der Waals surface area contributed by atoms with Crippen molar-refractivity contribution in [1.29, 1.82) is 0 Å². The van der Waals surface area contributed by atoms with Crippen LogP contribution in [-0.2, 0) is 9.59 Å². The van der Waals surface area contributed by atoms with Crippen LogP contribution in [0.15, 0.2) is 24.3 Å². The van der Waals surface area contributed by atoms with Gasteiger partial charge < -0.3 is 20.0 Å². The van der Waals surface area contributed by atoms with Crippen LogP contribution in [0.1, 0.15) is 38.5 Å². The Balaban J connectivity index is 1.21. The summed E-state index contributed by atoms with van der Waals surface area (Å²) in [6.45, 7) is 5.75. The molecule has 2 atom stereocenters. The van der Waals surface area contributed by atoms with Crippen molar-refractivity contribution in [1.82, 2.24) is 4.90 Å². The lowest BCUT2D eigenvalue weighted by atomic mass is 9.78. The first-order chi connectivity index (χ1) is 14.6. The highest BCUT2D eigenvalue weighted by molar-refractivity contribution is 6.33. The molecule has 3 N–H and O–H groups in total. The first-order valence-corrected chi connectivity index (χ1v) is 12.0. The molecule has 2 saturated heterocycles. The van der Waals surface area contributed by atoms with Gasteiger partial charge >= 0.3 is 0 Å². The van der Waals surface area contributed by atoms with E-state index in [0.29, 0.717) is 35.7 Å². The summed E-state index contributed by atoms with van der Waals surface area (Å²) < 4.78 is 0. The van der Waals surface area contributed by atoms with Gasteiger partial charge in [0.1, 0.15) is 26.2 Å². The second kappa shape index (κ2) is 10.1. The molecule has 1 saturated carbocycles. The molecule has 0 bridgehead atoms. The Bertz CT molecular complexity index is 748. The minimum atomic E-state index is -0.00529. The van der Waals surface area contributed by atoms with Crippen LogP contribution < -0.4 is 15.1 Å². The number of hydrogen-bond donors (Lipinski definition) is 3. The van der Waals surface area contributed by atoms with Crippen LogP contribution in [-0.4, -0.2) is 68.6 Å². The molecular formula is C23H35ClN4O2+2. The number of carbonyl (C=O) groups excluding carboxylic acids is 2. The van der Waals surface area contributed by atoms with Gasteiger partial charge in [-0.2, -0.15) is 0 Å². The molecule has 2 amide bonds. The Morgan fingerprint density at radius 2 is 1.63 bits per heavy atom. The first-order valence-electron chi connectivity index (χ1n) is 11.6. The summed E-state index contributed by atoms with van der Waals surface area (Å²) in [6.07, 6.45) is 7.59. The predicted octanol–water partition coefficient (Wildman–Crippen LogP) is 0.243. The Kier molecular flexibility index (Phi) is 7.28. The normalized spacial score (nSPS) is 29.2. The fraction of sp³-hybridized carbons (Fsp3) is 0.652. The molecule has 2 heterocycles. The summed E-state index contributed by atoms with van der Waals surface area (Å²) in [7, 11) is 0. The van der Waals surface area contributed by atoms with Gasteiger partial charge in [-0.1, -0.05) is 36.6 Å². The molecule has 164 valence electrons. The fourth-order valence-corrected chi connectivity index (χ4v) is 5.73. The van der Waals surface area contributed by atoms with Gasteiger partial charge in [0.15, 0.2) is 13.1 Å². The number of anilines is 1. The summed E-state index contributed by atoms with van der Waals surface area (Å²) >= 11 is 6.12. The third kappa shape index (κ3) is 5.34. The SMILES string of the molecule is O=C(C[NH+]1CC[NH+](CC(=O)N2CCC[C@@H]3CCCC[C@@H]32)CC1)Nc1ccccc1Cl. The third-order valence-electron chi connectivity index (χ3n) is 7.19. The Hall–Kier alpha value is -1.63. The number of piperidine rings is 1. The molecule has 0 radical (unpaired) electrons. The van der Waals surface area contributed by atoms with E-state index in [-0.39, 0.29) is 5.91 Å². The van der Waals surface area contributed by atoms with Gasteiger partial charge in [-0.15, -0.1) is 0 Å². The maximum Gasteiger partial charge on any atom is 0.279 e. The lowest BCUT2D eigenvalue weighted by Crippen LogP contribution is -3.28. The molecule has 3 aliphatic rings. The average molecular weight is 435 g/mol. The number of amides is 2. The zero-order chi connectivity index (χ0) is 20.9. The highest BCUT2D eigenvalue weighted by atomic mass is 35.5. The van der Waals surface area contributed by atoms with Crippen molar-refractivity contribution >= 4 is 29.1 Å². The van der Waals surface area contributed by atoms with E-state index in [2.05, 4.69) is 10.2 Å². The highest BCUT2D eigenvalue weighted by Crippen LogP contribution is 2.35. The monoisotopic (exact) mass is 434 g/mol. The summed E-state index contributed by atoms with van der Waals surface area (Å²) in [5, 5.41) is 3.47. The lowest BCUT2D eigenvalue weighted by molar-refractivity contribution is -1.00. The van der Waals surface area contributed by atoms with Crippen molar-refractivity contribution in [3.8, 4) is 0 Å². The minimum Gasteiger partial charge on any atom is -0.335 e. The van der Waals surface area contributed by atoms with Crippen molar-refractivity contribution < 1.29 is 19.4 Å². The summed E-state index contributed by atoms with van der Waals surface area (Å²) in [5.74, 6) is 1.08. The van der Waals surface area contributed by atoms with E-state index >= 15 is 0 Å². The van der Waals surface area contributed by atoms with Gasteiger partial charge in [-0.25, -0.2) is 0 Å². The maximum absolute atomic E-state index is 13.0. The number of likely N-dealkylation sites (tertiary alicyclic amines) is 1. The van der Waals surface area contributed by atoms with E-state index in [0.717, 1.165) is 38.6 Å². The molecule has 1 aliphatic carbocycles. The van der Waals surface area contributed by atoms with Crippen LogP contribution >= 0.6 is 11.6 Å². The number of hydrogen-bond acceptors (Lipinski definition) is 2. The standard InChI is InChI=1S/C23H33ClN4O2/c24-19-8-2-3-9-20(19)25-22(29)16-26-12-14-27(15-13-26)17-23(30)28-11-5-7-18-6-1-4-10-21(18)28/h2-3,8-9,18,21H,1,4-7,10-17H2,(H,25,29)/p+2/t18-,21-/m0/s1. The number of halogens is 1. The zero-order valence-electron chi connectivity index (χ0n) is 17.8. The van der Waals surface area contributed by atoms with Gasteiger partial charge in [0, 0.05) is 12.6 Å². The molecule has 1 aromatic carbocycles. The third-order valence-corrected chi connectivity index (χ3v) is 7.52. The topological polar surface area (TPSA) is 58.3 Å². The molecule has 7 heteroatoms. The molecule has 30 heavy (non-hydrogen) atoms. The smallest absolute Gasteiger partial charge is 0.279 e. The zero-order valence-corrected chi connectivity index (χ0v) is 18.6.